The summed E-state index contributed by atoms with van der Waals surface area (Å²) in [5.41, 5.74) is 0.0146. The molecule has 0 unspecified atom stereocenters. The number of urea groups is 1. The van der Waals surface area contributed by atoms with Crippen molar-refractivity contribution in [1.82, 2.24) is 19.8 Å². The number of nitrogens with zero attached hydrogens (tertiary/aromatic N) is 3. The largest absolute Gasteiger partial charge is 0.476 e. The van der Waals surface area contributed by atoms with Gasteiger partial charge in [-0.1, -0.05) is 13.8 Å². The molecule has 0 radical (unpaired) electrons. The molecular formula is C14H22N4O3. The summed E-state index contributed by atoms with van der Waals surface area (Å²) in [6.45, 7) is 5.93. The van der Waals surface area contributed by atoms with Gasteiger partial charge < -0.3 is 19.9 Å². The first kappa shape index (κ1) is 15.3. The zero-order valence-corrected chi connectivity index (χ0v) is 12.5. The molecule has 1 aromatic rings. The van der Waals surface area contributed by atoms with E-state index in [2.05, 4.69) is 24.1 Å². The van der Waals surface area contributed by atoms with Gasteiger partial charge in [-0.15, -0.1) is 0 Å². The smallest absolute Gasteiger partial charge is 0.356 e. The molecule has 116 valence electrons. The van der Waals surface area contributed by atoms with Crippen molar-refractivity contribution >= 4 is 12.0 Å². The maximum Gasteiger partial charge on any atom is 0.356 e. The van der Waals surface area contributed by atoms with Gasteiger partial charge >= 0.3 is 12.0 Å². The molecule has 1 fully saturated rings. The Hall–Kier alpha value is -2.05. The quantitative estimate of drug-likeness (QED) is 0.796. The van der Waals surface area contributed by atoms with Crippen molar-refractivity contribution in [1.29, 1.82) is 0 Å². The van der Waals surface area contributed by atoms with Crippen molar-refractivity contribution in [3.8, 4) is 0 Å². The molecule has 7 nitrogen and oxygen atoms in total. The third-order valence-corrected chi connectivity index (χ3v) is 3.31. The first-order valence-electron chi connectivity index (χ1n) is 7.27. The predicted octanol–water partition coefficient (Wildman–Crippen LogP) is 1.41. The number of hydrogen-bond acceptors (Lipinski definition) is 3. The number of carboxylic acid groups (broad SMARTS) is 1. The Labute approximate surface area is 124 Å². The lowest BCUT2D eigenvalue weighted by atomic mass is 10.2. The van der Waals surface area contributed by atoms with Crippen molar-refractivity contribution < 1.29 is 14.7 Å². The average Bonchev–Trinajstić information content (AvgIpc) is 3.14. The molecule has 21 heavy (non-hydrogen) atoms. The summed E-state index contributed by atoms with van der Waals surface area (Å²) in [5, 5.41) is 11.7. The molecule has 0 aromatic carbocycles. The topological polar surface area (TPSA) is 87.5 Å². The molecule has 0 saturated heterocycles. The minimum Gasteiger partial charge on any atom is -0.476 e. The fourth-order valence-corrected chi connectivity index (χ4v) is 2.16. The number of aromatic nitrogens is 2. The monoisotopic (exact) mass is 294 g/mol. The van der Waals surface area contributed by atoms with Gasteiger partial charge in [-0.3, -0.25) is 0 Å². The number of nitrogens with one attached hydrogen (secondary N) is 1. The molecule has 0 bridgehead atoms. The van der Waals surface area contributed by atoms with Gasteiger partial charge in [0.05, 0.1) is 6.33 Å². The molecule has 2 amide bonds. The summed E-state index contributed by atoms with van der Waals surface area (Å²) >= 11 is 0. The molecule has 7 heteroatoms. The summed E-state index contributed by atoms with van der Waals surface area (Å²) < 4.78 is 1.66. The third-order valence-electron chi connectivity index (χ3n) is 3.31. The van der Waals surface area contributed by atoms with E-state index in [4.69, 9.17) is 5.11 Å². The number of hydrogen-bond donors (Lipinski definition) is 2. The Bertz CT molecular complexity index is 508. The number of carbonyl (C=O) groups is 2. The van der Waals surface area contributed by atoms with E-state index in [0.717, 1.165) is 19.4 Å². The zero-order chi connectivity index (χ0) is 15.4. The van der Waals surface area contributed by atoms with Gasteiger partial charge in [0.25, 0.3) is 0 Å². The Morgan fingerprint density at radius 3 is 2.76 bits per heavy atom. The van der Waals surface area contributed by atoms with Gasteiger partial charge in [0.1, 0.15) is 0 Å². The van der Waals surface area contributed by atoms with E-state index in [1.165, 1.54) is 12.5 Å². The van der Waals surface area contributed by atoms with E-state index in [0.29, 0.717) is 25.0 Å². The van der Waals surface area contributed by atoms with Gasteiger partial charge in [-0.25, -0.2) is 14.6 Å². The second-order valence-electron chi connectivity index (χ2n) is 5.81. The molecule has 0 atom stereocenters. The van der Waals surface area contributed by atoms with E-state index < -0.39 is 5.97 Å². The number of rotatable bonds is 7. The lowest BCUT2D eigenvalue weighted by Gasteiger charge is -2.24. The number of imidazole rings is 1. The van der Waals surface area contributed by atoms with Crippen LogP contribution in [0.25, 0.3) is 0 Å². The molecule has 0 aliphatic heterocycles. The predicted molar refractivity (Wildman–Crippen MR) is 77.2 cm³/mol. The van der Waals surface area contributed by atoms with Crippen LogP contribution in [0.2, 0.25) is 0 Å². The van der Waals surface area contributed by atoms with Crippen LogP contribution in [-0.2, 0) is 6.54 Å². The maximum atomic E-state index is 12.2. The van der Waals surface area contributed by atoms with E-state index in [1.54, 1.807) is 4.57 Å². The molecule has 1 aromatic heterocycles. The Morgan fingerprint density at radius 2 is 2.24 bits per heavy atom. The van der Waals surface area contributed by atoms with Crippen LogP contribution in [-0.4, -0.2) is 50.7 Å². The van der Waals surface area contributed by atoms with Gasteiger partial charge in [0.2, 0.25) is 0 Å². The Kier molecular flexibility index (Phi) is 4.82. The second-order valence-corrected chi connectivity index (χ2v) is 5.81. The van der Waals surface area contributed by atoms with Crippen LogP contribution in [0.15, 0.2) is 12.5 Å². The third kappa shape index (κ3) is 4.47. The van der Waals surface area contributed by atoms with Crippen LogP contribution in [0, 0.1) is 5.92 Å². The van der Waals surface area contributed by atoms with E-state index >= 15 is 0 Å². The molecule has 0 spiro atoms. The van der Waals surface area contributed by atoms with Crippen LogP contribution in [0.5, 0.6) is 0 Å². The summed E-state index contributed by atoms with van der Waals surface area (Å²) in [4.78, 5) is 28.5. The van der Waals surface area contributed by atoms with Crippen molar-refractivity contribution in [2.24, 2.45) is 5.92 Å². The first-order chi connectivity index (χ1) is 9.97. The molecule has 1 aliphatic carbocycles. The molecule has 2 N–H and O–H groups in total. The highest BCUT2D eigenvalue weighted by Crippen LogP contribution is 2.27. The van der Waals surface area contributed by atoms with E-state index in [-0.39, 0.29) is 11.7 Å². The highest BCUT2D eigenvalue weighted by atomic mass is 16.4. The van der Waals surface area contributed by atoms with Gasteiger partial charge in [0.15, 0.2) is 5.69 Å². The molecule has 1 aliphatic rings. The summed E-state index contributed by atoms with van der Waals surface area (Å²) in [5.74, 6) is -0.599. The SMILES string of the molecule is CC(C)CN(C(=O)NCCn1cnc(C(=O)O)c1)C1CC1. The van der Waals surface area contributed by atoms with E-state index in [1.807, 2.05) is 4.90 Å². The number of carboxylic acids is 1. The first-order valence-corrected chi connectivity index (χ1v) is 7.27. The Morgan fingerprint density at radius 1 is 1.52 bits per heavy atom. The van der Waals surface area contributed by atoms with Crippen LogP contribution in [0.4, 0.5) is 4.79 Å². The zero-order valence-electron chi connectivity index (χ0n) is 12.5. The summed E-state index contributed by atoms with van der Waals surface area (Å²) in [6, 6.07) is 0.351. The minimum absolute atomic E-state index is 0.0146. The Balaban J connectivity index is 1.78. The highest BCUT2D eigenvalue weighted by Gasteiger charge is 2.32. The lowest BCUT2D eigenvalue weighted by Crippen LogP contribution is -2.44. The lowest BCUT2D eigenvalue weighted by molar-refractivity contribution is 0.0691. The van der Waals surface area contributed by atoms with Gasteiger partial charge in [-0.2, -0.15) is 0 Å². The van der Waals surface area contributed by atoms with Crippen LogP contribution in [0.3, 0.4) is 0 Å². The van der Waals surface area contributed by atoms with Gasteiger partial charge in [0, 0.05) is 31.9 Å². The van der Waals surface area contributed by atoms with Crippen molar-refractivity contribution in [3.63, 3.8) is 0 Å². The normalized spacial score (nSPS) is 14.2. The van der Waals surface area contributed by atoms with E-state index in [9.17, 15) is 9.59 Å². The maximum absolute atomic E-state index is 12.2. The van der Waals surface area contributed by atoms with Crippen LogP contribution >= 0.6 is 0 Å². The number of aromatic carboxylic acids is 1. The van der Waals surface area contributed by atoms with Crippen LogP contribution in [0.1, 0.15) is 37.2 Å². The summed E-state index contributed by atoms with van der Waals surface area (Å²) in [6.07, 6.45) is 5.09. The minimum atomic E-state index is -1.05. The standard InChI is InChI=1S/C14H22N4O3/c1-10(2)7-18(11-3-4-11)14(21)15-5-6-17-8-12(13(19)20)16-9-17/h8-11H,3-7H2,1-2H3,(H,15,21)(H,19,20). The van der Waals surface area contributed by atoms with Crippen molar-refractivity contribution in [2.75, 3.05) is 13.1 Å². The highest BCUT2D eigenvalue weighted by molar-refractivity contribution is 5.84. The molecule has 1 heterocycles. The summed E-state index contributed by atoms with van der Waals surface area (Å²) in [7, 11) is 0. The van der Waals surface area contributed by atoms with Gasteiger partial charge in [-0.05, 0) is 18.8 Å². The molecule has 2 rings (SSSR count). The van der Waals surface area contributed by atoms with Crippen molar-refractivity contribution in [3.05, 3.63) is 18.2 Å². The molecular weight excluding hydrogens is 272 g/mol. The number of amides is 2. The molecule has 1 saturated carbocycles. The second kappa shape index (κ2) is 6.60. The number of carbonyl (C=O) groups excluding carboxylic acids is 1. The fourth-order valence-electron chi connectivity index (χ4n) is 2.16. The fraction of sp³-hybridized carbons (Fsp3) is 0.643. The van der Waals surface area contributed by atoms with Crippen molar-refractivity contribution in [2.45, 2.75) is 39.3 Å². The van der Waals surface area contributed by atoms with Crippen LogP contribution < -0.4 is 5.32 Å². The average molecular weight is 294 g/mol.